The number of hydrogen-bond acceptors (Lipinski definition) is 7. The fraction of sp³-hybridized carbons (Fsp3) is 0.706. The molecule has 2 saturated heterocycles. The van der Waals surface area contributed by atoms with Crippen LogP contribution in [-0.2, 0) is 30.2 Å². The van der Waals surface area contributed by atoms with Gasteiger partial charge in [-0.3, -0.25) is 14.4 Å². The lowest BCUT2D eigenvalue weighted by Gasteiger charge is -2.39. The van der Waals surface area contributed by atoms with Crippen molar-refractivity contribution in [2.45, 2.75) is 129 Å². The summed E-state index contributed by atoms with van der Waals surface area (Å²) >= 11 is 0. The molecule has 12 heteroatoms. The van der Waals surface area contributed by atoms with Crippen LogP contribution < -0.4 is 10.6 Å². The molecule has 2 heterocycles. The van der Waals surface area contributed by atoms with Crippen LogP contribution in [0.15, 0.2) is 30.3 Å². The van der Waals surface area contributed by atoms with Gasteiger partial charge < -0.3 is 24.7 Å². The first-order chi connectivity index (χ1) is 21.4. The first-order valence-electron chi connectivity index (χ1n) is 16.6. The molecule has 1 aromatic rings. The Kier molecular flexibility index (Phi) is 10.9. The number of Topliss-reactive ketones (excluding diaryl/α,β-unsaturated/α-hetero) is 1. The van der Waals surface area contributed by atoms with Gasteiger partial charge in [-0.15, -0.1) is 0 Å². The summed E-state index contributed by atoms with van der Waals surface area (Å²) < 4.78 is 11.9. The van der Waals surface area contributed by atoms with Gasteiger partial charge in [0.25, 0.3) is 0 Å². The second-order valence-corrected chi connectivity index (χ2v) is 20.3. The molecule has 0 aromatic heterocycles. The van der Waals surface area contributed by atoms with E-state index in [4.69, 9.17) is 14.0 Å². The number of carbonyl (C=O) groups excluding carboxylic acids is 4. The van der Waals surface area contributed by atoms with Crippen molar-refractivity contribution in [2.75, 3.05) is 19.6 Å². The number of amides is 4. The molecule has 3 atom stereocenters. The number of urea groups is 1. The summed E-state index contributed by atoms with van der Waals surface area (Å²) in [5, 5.41) is 7.00. The van der Waals surface area contributed by atoms with Gasteiger partial charge in [0.05, 0.1) is 12.6 Å². The molecule has 3 fully saturated rings. The Morgan fingerprint density at radius 3 is 2.30 bits per heavy atom. The first-order valence-corrected chi connectivity index (χ1v) is 19.6. The van der Waals surface area contributed by atoms with E-state index in [1.165, 1.54) is 5.06 Å². The number of piperidine rings is 1. The smallest absolute Gasteiger partial charge is 0.407 e. The molecule has 1 aliphatic carbocycles. The Bertz CT molecular complexity index is 1260. The van der Waals surface area contributed by atoms with Crippen LogP contribution in [0.1, 0.15) is 85.6 Å². The number of hydroxylamine groups is 2. The zero-order chi connectivity index (χ0) is 33.9. The summed E-state index contributed by atoms with van der Waals surface area (Å²) in [6.45, 7) is 17.0. The number of alkyl carbamates (subject to hydrolysis) is 1. The number of ether oxygens (including phenoxy) is 1. The summed E-state index contributed by atoms with van der Waals surface area (Å²) in [4.78, 5) is 60.2. The highest BCUT2D eigenvalue weighted by Crippen LogP contribution is 2.59. The fourth-order valence-electron chi connectivity index (χ4n) is 5.91. The number of nitrogens with zero attached hydrogens (tertiary/aromatic N) is 2. The van der Waals surface area contributed by atoms with Crippen molar-refractivity contribution in [3.8, 4) is 0 Å². The predicted molar refractivity (Wildman–Crippen MR) is 177 cm³/mol. The highest BCUT2D eigenvalue weighted by atomic mass is 28.4. The molecule has 3 aliphatic rings. The lowest BCUT2D eigenvalue weighted by Crippen LogP contribution is -2.54. The number of benzene rings is 1. The second kappa shape index (κ2) is 14.0. The van der Waals surface area contributed by atoms with Crippen molar-refractivity contribution >= 4 is 32.1 Å². The first kappa shape index (κ1) is 35.9. The number of nitrogens with one attached hydrogen (secondary N) is 2. The quantitative estimate of drug-likeness (QED) is 0.198. The summed E-state index contributed by atoms with van der Waals surface area (Å²) in [5.41, 5.74) is 0.268. The third-order valence-electron chi connectivity index (χ3n) is 9.78. The molecule has 256 valence electrons. The van der Waals surface area contributed by atoms with E-state index >= 15 is 0 Å². The van der Waals surface area contributed by atoms with Crippen LogP contribution in [0, 0.1) is 5.41 Å². The highest BCUT2D eigenvalue weighted by molar-refractivity contribution is 6.74. The topological polar surface area (TPSA) is 127 Å². The minimum Gasteiger partial charge on any atom is -0.444 e. The molecule has 11 nitrogen and oxygen atoms in total. The molecule has 2 bridgehead atoms. The van der Waals surface area contributed by atoms with Gasteiger partial charge in [0, 0.05) is 13.1 Å². The van der Waals surface area contributed by atoms with Crippen molar-refractivity contribution in [1.29, 1.82) is 0 Å². The van der Waals surface area contributed by atoms with Crippen LogP contribution in [0.2, 0.25) is 18.1 Å². The standard InChI is InChI=1S/C34H54N4O7Si/c1-32(2,3)44-30(41)35-19-13-12-16-27(45-46(7,8)33(4,5)6)26(39)21-36-29(40)25-20-34(17-18-34)28-22-37(25)31(42)38(28)43-23-24-14-10-9-11-15-24/h9-11,14-15,25,27-28H,12-13,16-23H2,1-8H3,(H,35,41)(H,36,40)/t25-,27-,28-/m0/s1. The fourth-order valence-corrected chi connectivity index (χ4v) is 7.23. The lowest BCUT2D eigenvalue weighted by atomic mass is 9.85. The molecule has 0 radical (unpaired) electrons. The van der Waals surface area contributed by atoms with E-state index < -0.39 is 32.2 Å². The van der Waals surface area contributed by atoms with Gasteiger partial charge in [-0.1, -0.05) is 51.1 Å². The van der Waals surface area contributed by atoms with E-state index in [2.05, 4.69) is 44.5 Å². The predicted octanol–water partition coefficient (Wildman–Crippen LogP) is 5.55. The molecular formula is C34H54N4O7Si. The maximum absolute atomic E-state index is 13.6. The third-order valence-corrected chi connectivity index (χ3v) is 14.3. The summed E-state index contributed by atoms with van der Waals surface area (Å²) in [5.74, 6) is -0.502. The van der Waals surface area contributed by atoms with Crippen LogP contribution in [0.4, 0.5) is 9.59 Å². The minimum atomic E-state index is -2.30. The molecule has 46 heavy (non-hydrogen) atoms. The van der Waals surface area contributed by atoms with E-state index in [0.717, 1.165) is 18.4 Å². The molecule has 4 rings (SSSR count). The second-order valence-electron chi connectivity index (χ2n) is 15.6. The Morgan fingerprint density at radius 1 is 1.02 bits per heavy atom. The van der Waals surface area contributed by atoms with E-state index in [1.54, 1.807) is 4.90 Å². The maximum atomic E-state index is 13.6. The van der Waals surface area contributed by atoms with Crippen LogP contribution in [-0.4, -0.2) is 85.5 Å². The Hall–Kier alpha value is -2.96. The van der Waals surface area contributed by atoms with E-state index in [1.807, 2.05) is 51.1 Å². The molecule has 1 spiro atoms. The van der Waals surface area contributed by atoms with Crippen LogP contribution >= 0.6 is 0 Å². The number of hydrogen-bond donors (Lipinski definition) is 2. The SMILES string of the molecule is CC(C)(C)OC(=O)NCCCC[C@H](O[Si](C)(C)C(C)(C)C)C(=O)CNC(=O)[C@@H]1CC2(CC2)[C@@H]2CN1C(=O)N2OCc1ccccc1. The van der Waals surface area contributed by atoms with E-state index in [0.29, 0.717) is 38.8 Å². The zero-order valence-electron chi connectivity index (χ0n) is 28.9. The number of ketones is 1. The van der Waals surface area contributed by atoms with Gasteiger partial charge in [-0.2, -0.15) is 5.06 Å². The number of fused-ring (bicyclic) bond motifs is 3. The van der Waals surface area contributed by atoms with Crippen molar-refractivity contribution < 1.29 is 33.2 Å². The lowest BCUT2D eigenvalue weighted by molar-refractivity contribution is -0.153. The molecule has 2 N–H and O–H groups in total. The Morgan fingerprint density at radius 2 is 1.70 bits per heavy atom. The third kappa shape index (κ3) is 8.89. The maximum Gasteiger partial charge on any atom is 0.407 e. The van der Waals surface area contributed by atoms with Crippen LogP contribution in [0.5, 0.6) is 0 Å². The van der Waals surface area contributed by atoms with Gasteiger partial charge in [0.1, 0.15) is 24.4 Å². The molecule has 0 unspecified atom stereocenters. The number of unbranched alkanes of at least 4 members (excludes halogenated alkanes) is 1. The largest absolute Gasteiger partial charge is 0.444 e. The van der Waals surface area contributed by atoms with Gasteiger partial charge in [-0.25, -0.2) is 9.59 Å². The summed E-state index contributed by atoms with van der Waals surface area (Å²) in [7, 11) is -2.30. The Labute approximate surface area is 275 Å². The average Bonchev–Trinajstić information content (AvgIpc) is 3.67. The van der Waals surface area contributed by atoms with Crippen LogP contribution in [0.25, 0.3) is 0 Å². The molecule has 4 amide bonds. The normalized spacial score (nSPS) is 21.3. The monoisotopic (exact) mass is 658 g/mol. The molecular weight excluding hydrogens is 604 g/mol. The van der Waals surface area contributed by atoms with Gasteiger partial charge in [0.15, 0.2) is 14.1 Å². The number of rotatable bonds is 14. The van der Waals surface area contributed by atoms with Gasteiger partial charge in [-0.05, 0) is 88.4 Å². The van der Waals surface area contributed by atoms with E-state index in [-0.39, 0.29) is 47.4 Å². The van der Waals surface area contributed by atoms with Crippen molar-refractivity contribution in [2.24, 2.45) is 5.41 Å². The summed E-state index contributed by atoms with van der Waals surface area (Å²) in [6, 6.07) is 8.68. The van der Waals surface area contributed by atoms with Crippen molar-refractivity contribution in [3.63, 3.8) is 0 Å². The summed E-state index contributed by atoms with van der Waals surface area (Å²) in [6.07, 6.45) is 3.08. The molecule has 2 aliphatic heterocycles. The highest BCUT2D eigenvalue weighted by Gasteiger charge is 2.64. The molecule has 1 aromatic carbocycles. The van der Waals surface area contributed by atoms with E-state index in [9.17, 15) is 19.2 Å². The van der Waals surface area contributed by atoms with Crippen molar-refractivity contribution in [3.05, 3.63) is 35.9 Å². The van der Waals surface area contributed by atoms with Gasteiger partial charge in [0.2, 0.25) is 5.91 Å². The van der Waals surface area contributed by atoms with Crippen molar-refractivity contribution in [1.82, 2.24) is 20.6 Å². The Balaban J connectivity index is 1.33. The van der Waals surface area contributed by atoms with Crippen LogP contribution in [0.3, 0.4) is 0 Å². The van der Waals surface area contributed by atoms with Gasteiger partial charge >= 0.3 is 12.1 Å². The molecule has 1 saturated carbocycles. The average molecular weight is 659 g/mol. The minimum absolute atomic E-state index is 0.0819. The number of carbonyl (C=O) groups is 4. The zero-order valence-corrected chi connectivity index (χ0v) is 29.9.